The fourth-order valence-corrected chi connectivity index (χ4v) is 3.94. The summed E-state index contributed by atoms with van der Waals surface area (Å²) in [6, 6.07) is 17.9. The summed E-state index contributed by atoms with van der Waals surface area (Å²) < 4.78 is 23.9. The number of rotatable bonds is 7. The smallest absolute Gasteiger partial charge is 0.324 e. The Morgan fingerprint density at radius 1 is 0.971 bits per heavy atom. The third-order valence-electron chi connectivity index (χ3n) is 5.65. The van der Waals surface area contributed by atoms with E-state index in [0.717, 1.165) is 12.0 Å². The maximum absolute atomic E-state index is 13.4. The zero-order chi connectivity index (χ0) is 24.1. The number of carbonyl (C=O) groups excluding carboxylic acids is 2. The molecule has 1 fully saturated rings. The third-order valence-corrected chi connectivity index (χ3v) is 5.65. The molecule has 0 unspecified atom stereocenters. The minimum Gasteiger partial charge on any atom is -0.497 e. The third kappa shape index (κ3) is 5.11. The van der Waals surface area contributed by atoms with Gasteiger partial charge in [-0.05, 0) is 60.5 Å². The van der Waals surface area contributed by atoms with Gasteiger partial charge in [0.2, 0.25) is 0 Å². The van der Waals surface area contributed by atoms with Gasteiger partial charge in [-0.1, -0.05) is 12.1 Å². The number of anilines is 2. The van der Waals surface area contributed by atoms with E-state index in [9.17, 15) is 14.0 Å². The molecule has 0 saturated carbocycles. The van der Waals surface area contributed by atoms with E-state index < -0.39 is 5.82 Å². The lowest BCUT2D eigenvalue weighted by molar-refractivity contribution is 0.102. The topological polar surface area (TPSA) is 71.1 Å². The highest BCUT2D eigenvalue weighted by Crippen LogP contribution is 2.30. The van der Waals surface area contributed by atoms with Crippen LogP contribution in [0.3, 0.4) is 0 Å². The van der Waals surface area contributed by atoms with Gasteiger partial charge in [0.15, 0.2) is 0 Å². The monoisotopic (exact) mass is 463 g/mol. The molecule has 1 heterocycles. The van der Waals surface area contributed by atoms with Crippen molar-refractivity contribution in [3.05, 3.63) is 83.7 Å². The summed E-state index contributed by atoms with van der Waals surface area (Å²) in [6.07, 6.45) is 0.771. The Kier molecular flexibility index (Phi) is 6.96. The van der Waals surface area contributed by atoms with Crippen molar-refractivity contribution in [1.29, 1.82) is 0 Å². The summed E-state index contributed by atoms with van der Waals surface area (Å²) in [5.41, 5.74) is 2.34. The molecule has 34 heavy (non-hydrogen) atoms. The second-order valence-corrected chi connectivity index (χ2v) is 7.91. The first-order chi connectivity index (χ1) is 16.5. The average Bonchev–Trinajstić information content (AvgIpc) is 2.86. The quantitative estimate of drug-likeness (QED) is 0.540. The summed E-state index contributed by atoms with van der Waals surface area (Å²) in [7, 11) is 3.17. The van der Waals surface area contributed by atoms with Crippen LogP contribution in [0.2, 0.25) is 0 Å². The lowest BCUT2D eigenvalue weighted by Crippen LogP contribution is -2.49. The van der Waals surface area contributed by atoms with Crippen LogP contribution in [0.25, 0.3) is 0 Å². The van der Waals surface area contributed by atoms with Gasteiger partial charge >= 0.3 is 6.03 Å². The highest BCUT2D eigenvalue weighted by molar-refractivity contribution is 6.07. The van der Waals surface area contributed by atoms with Crippen LogP contribution in [-0.2, 0) is 6.54 Å². The van der Waals surface area contributed by atoms with E-state index >= 15 is 0 Å². The Labute approximate surface area is 197 Å². The summed E-state index contributed by atoms with van der Waals surface area (Å²) in [5, 5.41) is 2.85. The molecule has 3 aromatic rings. The van der Waals surface area contributed by atoms with Crippen molar-refractivity contribution in [3.8, 4) is 11.5 Å². The van der Waals surface area contributed by atoms with Crippen molar-refractivity contribution in [2.75, 3.05) is 37.5 Å². The predicted molar refractivity (Wildman–Crippen MR) is 128 cm³/mol. The number of hydrogen-bond acceptors (Lipinski definition) is 4. The van der Waals surface area contributed by atoms with Crippen molar-refractivity contribution in [2.24, 2.45) is 0 Å². The van der Waals surface area contributed by atoms with Crippen LogP contribution in [0.15, 0.2) is 66.7 Å². The Bertz CT molecular complexity index is 1160. The first-order valence-electron chi connectivity index (χ1n) is 10.9. The maximum atomic E-state index is 13.4. The van der Waals surface area contributed by atoms with Crippen LogP contribution < -0.4 is 19.7 Å². The molecule has 7 nitrogen and oxygen atoms in total. The Hall–Kier alpha value is -4.07. The molecule has 8 heteroatoms. The van der Waals surface area contributed by atoms with Crippen LogP contribution in [0.5, 0.6) is 11.5 Å². The number of methoxy groups -OCH3 is 2. The lowest BCUT2D eigenvalue weighted by Gasteiger charge is -2.36. The molecule has 0 aliphatic carbocycles. The number of carbonyl (C=O) groups is 2. The van der Waals surface area contributed by atoms with Crippen molar-refractivity contribution in [1.82, 2.24) is 4.90 Å². The highest BCUT2D eigenvalue weighted by atomic mass is 19.1. The van der Waals surface area contributed by atoms with Gasteiger partial charge in [0.05, 0.1) is 25.6 Å². The SMILES string of the molecule is COc1cc(CN2CCCN(c3ccccc3NC(=O)c3ccc(F)cc3)C2=O)cc(OC)c1. The highest BCUT2D eigenvalue weighted by Gasteiger charge is 2.29. The van der Waals surface area contributed by atoms with Crippen LogP contribution >= 0.6 is 0 Å². The van der Waals surface area contributed by atoms with Crippen molar-refractivity contribution in [3.63, 3.8) is 0 Å². The van der Waals surface area contributed by atoms with Gasteiger partial charge in [-0.15, -0.1) is 0 Å². The number of benzene rings is 3. The van der Waals surface area contributed by atoms with Crippen molar-refractivity contribution in [2.45, 2.75) is 13.0 Å². The van der Waals surface area contributed by atoms with Gasteiger partial charge in [-0.2, -0.15) is 0 Å². The number of urea groups is 1. The molecule has 3 aromatic carbocycles. The molecule has 1 saturated heterocycles. The summed E-state index contributed by atoms with van der Waals surface area (Å²) >= 11 is 0. The normalized spacial score (nSPS) is 13.6. The zero-order valence-electron chi connectivity index (χ0n) is 19.1. The minimum absolute atomic E-state index is 0.156. The molecule has 4 rings (SSSR count). The number of nitrogens with zero attached hydrogens (tertiary/aromatic N) is 2. The number of hydrogen-bond donors (Lipinski definition) is 1. The van der Waals surface area contributed by atoms with E-state index in [1.165, 1.54) is 24.3 Å². The van der Waals surface area contributed by atoms with Gasteiger partial charge in [-0.3, -0.25) is 9.69 Å². The molecule has 0 radical (unpaired) electrons. The fourth-order valence-electron chi connectivity index (χ4n) is 3.94. The molecule has 176 valence electrons. The van der Waals surface area contributed by atoms with E-state index in [0.29, 0.717) is 48.1 Å². The number of ether oxygens (including phenoxy) is 2. The van der Waals surface area contributed by atoms with Crippen LogP contribution in [-0.4, -0.2) is 44.1 Å². The average molecular weight is 464 g/mol. The Morgan fingerprint density at radius 3 is 2.32 bits per heavy atom. The standard InChI is InChI=1S/C26H26FN3O4/c1-33-21-14-18(15-22(16-21)34-2)17-29-12-5-13-30(26(29)32)24-7-4-3-6-23(24)28-25(31)19-8-10-20(27)11-9-19/h3-4,6-11,14-16H,5,12-13,17H2,1-2H3,(H,28,31). The van der Waals surface area contributed by atoms with Crippen molar-refractivity contribution >= 4 is 23.3 Å². The van der Waals surface area contributed by atoms with E-state index in [2.05, 4.69) is 5.32 Å². The Balaban J connectivity index is 1.54. The summed E-state index contributed by atoms with van der Waals surface area (Å²) in [4.78, 5) is 29.5. The molecule has 1 aliphatic heterocycles. The molecule has 1 N–H and O–H groups in total. The first kappa shape index (κ1) is 23.1. The lowest BCUT2D eigenvalue weighted by atomic mass is 10.1. The van der Waals surface area contributed by atoms with Gasteiger partial charge in [0.1, 0.15) is 17.3 Å². The molecule has 0 aromatic heterocycles. The van der Waals surface area contributed by atoms with E-state index in [1.54, 1.807) is 48.3 Å². The number of amides is 3. The Morgan fingerprint density at radius 2 is 1.65 bits per heavy atom. The summed E-state index contributed by atoms with van der Waals surface area (Å²) in [6.45, 7) is 1.53. The van der Waals surface area contributed by atoms with Gasteiger partial charge in [0, 0.05) is 31.3 Å². The maximum Gasteiger partial charge on any atom is 0.324 e. The van der Waals surface area contributed by atoms with E-state index in [1.807, 2.05) is 18.2 Å². The number of nitrogens with one attached hydrogen (secondary N) is 1. The largest absolute Gasteiger partial charge is 0.497 e. The van der Waals surface area contributed by atoms with Gasteiger partial charge in [-0.25, -0.2) is 9.18 Å². The van der Waals surface area contributed by atoms with Crippen molar-refractivity contribution < 1.29 is 23.5 Å². The summed E-state index contributed by atoms with van der Waals surface area (Å²) in [5.74, 6) is 0.524. The second kappa shape index (κ2) is 10.2. The molecule has 0 atom stereocenters. The number of halogens is 1. The predicted octanol–water partition coefficient (Wildman–Crippen LogP) is 4.93. The first-order valence-corrected chi connectivity index (χ1v) is 10.9. The molecule has 3 amide bonds. The minimum atomic E-state index is -0.412. The molecular weight excluding hydrogens is 437 g/mol. The van der Waals surface area contributed by atoms with Crippen LogP contribution in [0, 0.1) is 5.82 Å². The number of para-hydroxylation sites is 2. The zero-order valence-corrected chi connectivity index (χ0v) is 19.1. The molecule has 0 bridgehead atoms. The van der Waals surface area contributed by atoms with Gasteiger partial charge in [0.25, 0.3) is 5.91 Å². The molecule has 0 spiro atoms. The van der Waals surface area contributed by atoms with E-state index in [4.69, 9.17) is 9.47 Å². The molecule has 1 aliphatic rings. The van der Waals surface area contributed by atoms with E-state index in [-0.39, 0.29) is 11.9 Å². The second-order valence-electron chi connectivity index (χ2n) is 7.91. The van der Waals surface area contributed by atoms with Crippen LogP contribution in [0.1, 0.15) is 22.3 Å². The van der Waals surface area contributed by atoms with Gasteiger partial charge < -0.3 is 19.7 Å². The fraction of sp³-hybridized carbons (Fsp3) is 0.231. The van der Waals surface area contributed by atoms with Crippen LogP contribution in [0.4, 0.5) is 20.6 Å². The molecular formula is C26H26FN3O4.